The lowest BCUT2D eigenvalue weighted by molar-refractivity contribution is -0.450. The van der Waals surface area contributed by atoms with Gasteiger partial charge < -0.3 is 4.74 Å². The van der Waals surface area contributed by atoms with E-state index in [9.17, 15) is 52.7 Å². The first kappa shape index (κ1) is 19.4. The molecule has 21 heavy (non-hydrogen) atoms. The minimum Gasteiger partial charge on any atom is -0.398 e. The minimum absolute atomic E-state index is 1.74. The second kappa shape index (κ2) is 6.03. The van der Waals surface area contributed by atoms with Crippen molar-refractivity contribution in [2.45, 2.75) is 18.4 Å². The SMILES string of the molecule is FC(F)=C(F)OC(F)=C(F)C(F)(F)OC(F)(F)C(F)(F)F. The van der Waals surface area contributed by atoms with Crippen molar-refractivity contribution in [3.63, 3.8) is 0 Å². The minimum atomic E-state index is -6.73. The fraction of sp³-hybridized carbons (Fsp3) is 0.429. The zero-order valence-corrected chi connectivity index (χ0v) is 8.85. The van der Waals surface area contributed by atoms with Crippen molar-refractivity contribution in [2.75, 3.05) is 0 Å². The van der Waals surface area contributed by atoms with Crippen molar-refractivity contribution in [3.05, 3.63) is 23.9 Å². The molecule has 0 bridgehead atoms. The Morgan fingerprint density at radius 2 is 1.10 bits per heavy atom. The molecule has 0 aromatic rings. The van der Waals surface area contributed by atoms with Gasteiger partial charge in [-0.25, -0.2) is 4.74 Å². The summed E-state index contributed by atoms with van der Waals surface area (Å²) in [7, 11) is 0. The van der Waals surface area contributed by atoms with Gasteiger partial charge in [-0.15, -0.1) is 0 Å². The Morgan fingerprint density at radius 1 is 0.667 bits per heavy atom. The van der Waals surface area contributed by atoms with Gasteiger partial charge in [-0.3, -0.25) is 0 Å². The van der Waals surface area contributed by atoms with E-state index in [0.29, 0.717) is 0 Å². The van der Waals surface area contributed by atoms with Gasteiger partial charge in [0.1, 0.15) is 0 Å². The van der Waals surface area contributed by atoms with Gasteiger partial charge in [0.2, 0.25) is 0 Å². The zero-order chi connectivity index (χ0) is 17.2. The van der Waals surface area contributed by atoms with Crippen LogP contribution in [-0.4, -0.2) is 18.4 Å². The molecule has 0 aliphatic carbocycles. The number of hydrogen-bond donors (Lipinski definition) is 0. The Labute approximate surface area is 106 Å². The van der Waals surface area contributed by atoms with Crippen molar-refractivity contribution < 1.29 is 62.2 Å². The topological polar surface area (TPSA) is 18.5 Å². The van der Waals surface area contributed by atoms with Crippen molar-refractivity contribution in [3.8, 4) is 0 Å². The summed E-state index contributed by atoms with van der Waals surface area (Å²) >= 11 is 0. The lowest BCUT2D eigenvalue weighted by atomic mass is 10.5. The second-order valence-electron chi connectivity index (χ2n) is 2.86. The Morgan fingerprint density at radius 3 is 1.43 bits per heavy atom. The molecule has 0 radical (unpaired) electrons. The van der Waals surface area contributed by atoms with Gasteiger partial charge in [-0.1, -0.05) is 0 Å². The molecule has 0 aromatic carbocycles. The van der Waals surface area contributed by atoms with Gasteiger partial charge in [-0.2, -0.15) is 52.7 Å². The van der Waals surface area contributed by atoms with E-state index in [0.717, 1.165) is 0 Å². The molecule has 0 rings (SSSR count). The van der Waals surface area contributed by atoms with Gasteiger partial charge in [0.05, 0.1) is 0 Å². The highest BCUT2D eigenvalue weighted by atomic mass is 19.4. The summed E-state index contributed by atoms with van der Waals surface area (Å²) in [6.07, 6.45) is -23.1. The zero-order valence-electron chi connectivity index (χ0n) is 8.85. The highest BCUT2D eigenvalue weighted by Crippen LogP contribution is 2.43. The van der Waals surface area contributed by atoms with Crippen LogP contribution in [0.15, 0.2) is 23.9 Å². The molecule has 2 nitrogen and oxygen atoms in total. The number of alkyl halides is 7. The van der Waals surface area contributed by atoms with E-state index >= 15 is 0 Å². The van der Waals surface area contributed by atoms with E-state index in [4.69, 9.17) is 0 Å². The van der Waals surface area contributed by atoms with Crippen LogP contribution in [0, 0.1) is 0 Å². The van der Waals surface area contributed by atoms with Crippen LogP contribution in [0.4, 0.5) is 52.7 Å². The largest absolute Gasteiger partial charge is 0.483 e. The average Bonchev–Trinajstić information content (AvgIpc) is 2.24. The summed E-state index contributed by atoms with van der Waals surface area (Å²) in [5.41, 5.74) is 0. The van der Waals surface area contributed by atoms with Crippen LogP contribution < -0.4 is 0 Å². The molecule has 0 fully saturated rings. The third kappa shape index (κ3) is 5.02. The van der Waals surface area contributed by atoms with E-state index in [1.54, 1.807) is 4.74 Å². The Kier molecular flexibility index (Phi) is 5.57. The second-order valence-corrected chi connectivity index (χ2v) is 2.86. The average molecular weight is 344 g/mol. The maximum absolute atomic E-state index is 12.5. The lowest BCUT2D eigenvalue weighted by Gasteiger charge is -2.23. The van der Waals surface area contributed by atoms with E-state index in [-0.39, 0.29) is 0 Å². The lowest BCUT2D eigenvalue weighted by Crippen LogP contribution is -2.45. The molecule has 0 heterocycles. The van der Waals surface area contributed by atoms with E-state index < -0.39 is 42.3 Å². The standard InChI is InChI=1S/C7F12O2/c8-1(3(11)20-4(12)2(9)10)5(13,14)21-7(18,19)6(15,16)17. The highest BCUT2D eigenvalue weighted by molar-refractivity contribution is 5.03. The number of hydrogen-bond acceptors (Lipinski definition) is 2. The van der Waals surface area contributed by atoms with Crippen molar-refractivity contribution >= 4 is 0 Å². The first-order valence-electron chi connectivity index (χ1n) is 4.08. The fourth-order valence-electron chi connectivity index (χ4n) is 0.540. The number of ether oxygens (including phenoxy) is 2. The molecular formula is C7F12O2. The quantitative estimate of drug-likeness (QED) is 0.521. The summed E-state index contributed by atoms with van der Waals surface area (Å²) in [4.78, 5) is 0. The van der Waals surface area contributed by atoms with E-state index in [1.165, 1.54) is 0 Å². The molecule has 124 valence electrons. The molecule has 0 N–H and O–H groups in total. The Balaban J connectivity index is 5.37. The van der Waals surface area contributed by atoms with Crippen molar-refractivity contribution in [1.29, 1.82) is 0 Å². The Hall–Kier alpha value is -1.60. The molecule has 14 heteroatoms. The normalized spacial score (nSPS) is 14.7. The number of rotatable bonds is 5. The van der Waals surface area contributed by atoms with Gasteiger partial charge in [-0.05, 0) is 0 Å². The smallest absolute Gasteiger partial charge is 0.398 e. The predicted octanol–water partition coefficient (Wildman–Crippen LogP) is 4.91. The van der Waals surface area contributed by atoms with E-state index in [1.807, 2.05) is 0 Å². The van der Waals surface area contributed by atoms with Gasteiger partial charge in [0.15, 0.2) is 0 Å². The Bertz CT molecular complexity index is 443. The molecule has 0 unspecified atom stereocenters. The molecule has 0 aromatic heterocycles. The predicted molar refractivity (Wildman–Crippen MR) is 37.7 cm³/mol. The van der Waals surface area contributed by atoms with Crippen LogP contribution in [0.1, 0.15) is 0 Å². The summed E-state index contributed by atoms with van der Waals surface area (Å²) in [6, 6.07) is -6.79. The summed E-state index contributed by atoms with van der Waals surface area (Å²) in [6.45, 7) is 0. The molecule has 0 saturated carbocycles. The van der Waals surface area contributed by atoms with Crippen LogP contribution in [-0.2, 0) is 9.47 Å². The van der Waals surface area contributed by atoms with Crippen molar-refractivity contribution in [1.82, 2.24) is 0 Å². The first-order valence-corrected chi connectivity index (χ1v) is 4.08. The van der Waals surface area contributed by atoms with Crippen LogP contribution in [0.3, 0.4) is 0 Å². The fourth-order valence-corrected chi connectivity index (χ4v) is 0.540. The van der Waals surface area contributed by atoms with Crippen LogP contribution in [0.5, 0.6) is 0 Å². The third-order valence-corrected chi connectivity index (χ3v) is 1.34. The van der Waals surface area contributed by atoms with Crippen LogP contribution in [0.2, 0.25) is 0 Å². The third-order valence-electron chi connectivity index (χ3n) is 1.34. The molecule has 0 spiro atoms. The number of halogens is 12. The molecule has 0 saturated heterocycles. The maximum atomic E-state index is 12.5. The summed E-state index contributed by atoms with van der Waals surface area (Å²) < 4.78 is 147. The molecular weight excluding hydrogens is 344 g/mol. The van der Waals surface area contributed by atoms with Gasteiger partial charge in [0, 0.05) is 0 Å². The van der Waals surface area contributed by atoms with E-state index in [2.05, 4.69) is 4.74 Å². The van der Waals surface area contributed by atoms with Crippen LogP contribution >= 0.6 is 0 Å². The first-order chi connectivity index (χ1) is 9.12. The molecule has 0 amide bonds. The molecule has 0 aliphatic heterocycles. The van der Waals surface area contributed by atoms with Gasteiger partial charge in [0.25, 0.3) is 5.83 Å². The van der Waals surface area contributed by atoms with Crippen molar-refractivity contribution in [2.24, 2.45) is 0 Å². The van der Waals surface area contributed by atoms with Gasteiger partial charge >= 0.3 is 36.5 Å². The molecule has 0 aliphatic rings. The van der Waals surface area contributed by atoms with Crippen LogP contribution in [0.25, 0.3) is 0 Å². The summed E-state index contributed by atoms with van der Waals surface area (Å²) in [5.74, 6) is -3.93. The highest BCUT2D eigenvalue weighted by Gasteiger charge is 2.65. The molecule has 0 atom stereocenters. The summed E-state index contributed by atoms with van der Waals surface area (Å²) in [5, 5.41) is 0. The monoisotopic (exact) mass is 344 g/mol. The maximum Gasteiger partial charge on any atom is 0.483 e.